The highest BCUT2D eigenvalue weighted by molar-refractivity contribution is 9.10. The van der Waals surface area contributed by atoms with Crippen LogP contribution in [0.4, 0.5) is 13.2 Å². The van der Waals surface area contributed by atoms with Crippen LogP contribution < -0.4 is 5.32 Å². The van der Waals surface area contributed by atoms with Crippen molar-refractivity contribution in [1.29, 1.82) is 0 Å². The van der Waals surface area contributed by atoms with Gasteiger partial charge in [-0.15, -0.1) is 11.3 Å². The Bertz CT molecular complexity index is 670. The molecule has 112 valence electrons. The number of hydrogen-bond acceptors (Lipinski definition) is 3. The molecule has 0 aliphatic carbocycles. The summed E-state index contributed by atoms with van der Waals surface area (Å²) in [6.07, 6.45) is -4.59. The van der Waals surface area contributed by atoms with E-state index in [2.05, 4.69) is 26.2 Å². The summed E-state index contributed by atoms with van der Waals surface area (Å²) in [4.78, 5) is 16.8. The van der Waals surface area contributed by atoms with Crippen molar-refractivity contribution in [2.75, 3.05) is 0 Å². The van der Waals surface area contributed by atoms with Gasteiger partial charge in [-0.3, -0.25) is 4.79 Å². The van der Waals surface area contributed by atoms with Crippen LogP contribution in [0.15, 0.2) is 28.2 Å². The van der Waals surface area contributed by atoms with Gasteiger partial charge in [0.05, 0.1) is 28.9 Å². The molecule has 0 spiro atoms. The zero-order valence-electron chi connectivity index (χ0n) is 10.8. The zero-order chi connectivity index (χ0) is 15.6. The Morgan fingerprint density at radius 3 is 2.71 bits per heavy atom. The third-order valence-corrected chi connectivity index (χ3v) is 4.21. The minimum absolute atomic E-state index is 0.155. The Labute approximate surface area is 131 Å². The Hall–Kier alpha value is -1.41. The number of amides is 1. The molecular weight excluding hydrogens is 369 g/mol. The lowest BCUT2D eigenvalue weighted by atomic mass is 10.1. The molecule has 0 saturated heterocycles. The van der Waals surface area contributed by atoms with Gasteiger partial charge >= 0.3 is 6.18 Å². The molecular formula is C13H10BrF3N2OS. The average Bonchev–Trinajstić information content (AvgIpc) is 2.80. The van der Waals surface area contributed by atoms with E-state index in [1.165, 1.54) is 17.4 Å². The molecule has 1 N–H and O–H groups in total. The van der Waals surface area contributed by atoms with Gasteiger partial charge in [-0.05, 0) is 25.1 Å². The number of nitrogens with zero attached hydrogens (tertiary/aromatic N) is 1. The molecule has 0 radical (unpaired) electrons. The van der Waals surface area contributed by atoms with E-state index in [4.69, 9.17) is 0 Å². The molecule has 8 heteroatoms. The van der Waals surface area contributed by atoms with Crippen LogP contribution in [0, 0.1) is 6.92 Å². The number of hydrogen-bond donors (Lipinski definition) is 1. The van der Waals surface area contributed by atoms with Gasteiger partial charge in [-0.2, -0.15) is 13.2 Å². The molecule has 1 aromatic carbocycles. The Kier molecular flexibility index (Phi) is 4.67. The summed E-state index contributed by atoms with van der Waals surface area (Å²) in [7, 11) is 0. The lowest BCUT2D eigenvalue weighted by Gasteiger charge is -2.13. The van der Waals surface area contributed by atoms with Crippen molar-refractivity contribution in [2.24, 2.45) is 0 Å². The van der Waals surface area contributed by atoms with Crippen molar-refractivity contribution in [3.63, 3.8) is 0 Å². The molecule has 0 aliphatic rings. The molecule has 0 unspecified atom stereocenters. The zero-order valence-corrected chi connectivity index (χ0v) is 13.2. The number of aromatic nitrogens is 1. The fourth-order valence-corrected chi connectivity index (χ4v) is 2.78. The number of alkyl halides is 3. The van der Waals surface area contributed by atoms with E-state index in [-0.39, 0.29) is 11.0 Å². The first-order valence-electron chi connectivity index (χ1n) is 5.83. The first-order valence-corrected chi connectivity index (χ1v) is 7.50. The monoisotopic (exact) mass is 378 g/mol. The fraction of sp³-hybridized carbons (Fsp3) is 0.231. The molecule has 0 saturated carbocycles. The molecule has 0 aliphatic heterocycles. The number of rotatable bonds is 3. The molecule has 21 heavy (non-hydrogen) atoms. The van der Waals surface area contributed by atoms with Crippen LogP contribution in [0.2, 0.25) is 0 Å². The molecule has 3 nitrogen and oxygen atoms in total. The van der Waals surface area contributed by atoms with Crippen LogP contribution in [0.5, 0.6) is 0 Å². The molecule has 2 aromatic rings. The number of halogens is 4. The van der Waals surface area contributed by atoms with Gasteiger partial charge in [-0.1, -0.05) is 15.9 Å². The van der Waals surface area contributed by atoms with Crippen LogP contribution in [-0.2, 0) is 12.7 Å². The summed E-state index contributed by atoms with van der Waals surface area (Å²) in [5.74, 6) is -0.761. The maximum Gasteiger partial charge on any atom is 0.417 e. The van der Waals surface area contributed by atoms with Gasteiger partial charge in [0.15, 0.2) is 0 Å². The lowest BCUT2D eigenvalue weighted by Crippen LogP contribution is -2.25. The molecule has 0 bridgehead atoms. The SMILES string of the molecule is Cc1ncsc1CNC(=O)c1ccc(Br)cc1C(F)(F)F. The van der Waals surface area contributed by atoms with Gasteiger partial charge in [0.2, 0.25) is 0 Å². The van der Waals surface area contributed by atoms with Gasteiger partial charge in [0.1, 0.15) is 0 Å². The van der Waals surface area contributed by atoms with Crippen molar-refractivity contribution in [3.05, 3.63) is 49.9 Å². The summed E-state index contributed by atoms with van der Waals surface area (Å²) >= 11 is 4.32. The van der Waals surface area contributed by atoms with E-state index in [0.717, 1.165) is 22.7 Å². The fourth-order valence-electron chi connectivity index (χ4n) is 1.70. The second-order valence-corrected chi connectivity index (χ2v) is 6.09. The van der Waals surface area contributed by atoms with Crippen molar-refractivity contribution in [3.8, 4) is 0 Å². The maximum atomic E-state index is 13.0. The second kappa shape index (κ2) is 6.15. The predicted octanol–water partition coefficient (Wildman–Crippen LogP) is 4.16. The van der Waals surface area contributed by atoms with E-state index < -0.39 is 23.2 Å². The van der Waals surface area contributed by atoms with E-state index in [0.29, 0.717) is 0 Å². The van der Waals surface area contributed by atoms with Crippen LogP contribution >= 0.6 is 27.3 Å². The van der Waals surface area contributed by atoms with Crippen molar-refractivity contribution in [2.45, 2.75) is 19.6 Å². The van der Waals surface area contributed by atoms with E-state index in [1.54, 1.807) is 12.4 Å². The Morgan fingerprint density at radius 2 is 2.14 bits per heavy atom. The van der Waals surface area contributed by atoms with Crippen molar-refractivity contribution in [1.82, 2.24) is 10.3 Å². The highest BCUT2D eigenvalue weighted by Crippen LogP contribution is 2.33. The predicted molar refractivity (Wildman–Crippen MR) is 77.2 cm³/mol. The van der Waals surface area contributed by atoms with Crippen molar-refractivity contribution >= 4 is 33.2 Å². The van der Waals surface area contributed by atoms with Crippen molar-refractivity contribution < 1.29 is 18.0 Å². The normalized spacial score (nSPS) is 11.5. The summed E-state index contributed by atoms with van der Waals surface area (Å²) in [6, 6.07) is 3.46. The first kappa shape index (κ1) is 16.0. The van der Waals surface area contributed by atoms with E-state index >= 15 is 0 Å². The lowest BCUT2D eigenvalue weighted by molar-refractivity contribution is -0.138. The minimum atomic E-state index is -4.59. The van der Waals surface area contributed by atoms with Gasteiger partial charge in [0.25, 0.3) is 5.91 Å². The summed E-state index contributed by atoms with van der Waals surface area (Å²) in [5, 5.41) is 2.49. The Morgan fingerprint density at radius 1 is 1.43 bits per heavy atom. The molecule has 0 fully saturated rings. The van der Waals surface area contributed by atoms with Crippen LogP contribution in [0.3, 0.4) is 0 Å². The first-order chi connectivity index (χ1) is 9.79. The van der Waals surface area contributed by atoms with Gasteiger partial charge < -0.3 is 5.32 Å². The number of nitrogens with one attached hydrogen (secondary N) is 1. The van der Waals surface area contributed by atoms with Gasteiger partial charge in [0, 0.05) is 9.35 Å². The maximum absolute atomic E-state index is 13.0. The number of aryl methyl sites for hydroxylation is 1. The van der Waals surface area contributed by atoms with Crippen LogP contribution in [0.25, 0.3) is 0 Å². The molecule has 1 heterocycles. The highest BCUT2D eigenvalue weighted by atomic mass is 79.9. The smallest absolute Gasteiger partial charge is 0.347 e. The largest absolute Gasteiger partial charge is 0.417 e. The van der Waals surface area contributed by atoms with Gasteiger partial charge in [-0.25, -0.2) is 4.98 Å². The quantitative estimate of drug-likeness (QED) is 0.870. The molecule has 0 atom stereocenters. The summed E-state index contributed by atoms with van der Waals surface area (Å²) in [6.45, 7) is 1.93. The number of carbonyl (C=O) groups is 1. The standard InChI is InChI=1S/C13H10BrF3N2OS/c1-7-11(21-6-19-7)5-18-12(20)9-3-2-8(14)4-10(9)13(15,16)17/h2-4,6H,5H2,1H3,(H,18,20). The van der Waals surface area contributed by atoms with E-state index in [1.807, 2.05) is 0 Å². The highest BCUT2D eigenvalue weighted by Gasteiger charge is 2.35. The Balaban J connectivity index is 2.21. The molecule has 1 amide bonds. The third kappa shape index (κ3) is 3.82. The van der Waals surface area contributed by atoms with Crippen LogP contribution in [0.1, 0.15) is 26.5 Å². The minimum Gasteiger partial charge on any atom is -0.347 e. The number of carbonyl (C=O) groups excluding carboxylic acids is 1. The summed E-state index contributed by atoms with van der Waals surface area (Å²) in [5.41, 5.74) is 1.02. The summed E-state index contributed by atoms with van der Waals surface area (Å²) < 4.78 is 39.1. The number of benzene rings is 1. The average molecular weight is 379 g/mol. The second-order valence-electron chi connectivity index (χ2n) is 4.23. The van der Waals surface area contributed by atoms with E-state index in [9.17, 15) is 18.0 Å². The molecule has 2 rings (SSSR count). The van der Waals surface area contributed by atoms with Crippen LogP contribution in [-0.4, -0.2) is 10.9 Å². The third-order valence-electron chi connectivity index (χ3n) is 2.79. The molecule has 1 aromatic heterocycles. The topological polar surface area (TPSA) is 42.0 Å². The number of thiazole rings is 1.